The van der Waals surface area contributed by atoms with Gasteiger partial charge in [-0.2, -0.15) is 0 Å². The maximum absolute atomic E-state index is 9.72. The summed E-state index contributed by atoms with van der Waals surface area (Å²) in [5, 5.41) is 9.72. The van der Waals surface area contributed by atoms with E-state index in [-0.39, 0.29) is 5.75 Å². The van der Waals surface area contributed by atoms with Gasteiger partial charge in [-0.1, -0.05) is 6.07 Å². The van der Waals surface area contributed by atoms with Gasteiger partial charge in [0.15, 0.2) is 11.5 Å². The number of ether oxygens (including phenoxy) is 1. The lowest BCUT2D eigenvalue weighted by atomic mass is 9.96. The third kappa shape index (κ3) is 3.23. The summed E-state index contributed by atoms with van der Waals surface area (Å²) in [6.07, 6.45) is 4.51. The molecule has 0 radical (unpaired) electrons. The summed E-state index contributed by atoms with van der Waals surface area (Å²) < 4.78 is 5.19. The normalized spacial score (nSPS) is 13.5. The van der Waals surface area contributed by atoms with Crippen molar-refractivity contribution in [1.82, 2.24) is 9.97 Å². The second kappa shape index (κ2) is 6.44. The van der Waals surface area contributed by atoms with Crippen molar-refractivity contribution >= 4 is 5.82 Å². The number of rotatable bonds is 4. The Morgan fingerprint density at radius 2 is 2.00 bits per heavy atom. The average molecular weight is 313 g/mol. The van der Waals surface area contributed by atoms with Gasteiger partial charge in [-0.05, 0) is 50.3 Å². The van der Waals surface area contributed by atoms with E-state index in [1.54, 1.807) is 13.2 Å². The molecule has 0 atom stereocenters. The third-order valence-electron chi connectivity index (χ3n) is 4.30. The van der Waals surface area contributed by atoms with Crippen LogP contribution < -0.4 is 9.64 Å². The number of fused-ring (bicyclic) bond motifs is 1. The Balaban J connectivity index is 1.89. The number of anilines is 1. The summed E-state index contributed by atoms with van der Waals surface area (Å²) in [4.78, 5) is 11.4. The molecule has 1 aliphatic carbocycles. The van der Waals surface area contributed by atoms with Crippen LogP contribution in [0.5, 0.6) is 11.5 Å². The van der Waals surface area contributed by atoms with Crippen molar-refractivity contribution in [3.63, 3.8) is 0 Å². The van der Waals surface area contributed by atoms with Crippen molar-refractivity contribution in [3.8, 4) is 11.5 Å². The Morgan fingerprint density at radius 3 is 2.78 bits per heavy atom. The van der Waals surface area contributed by atoms with Gasteiger partial charge in [-0.25, -0.2) is 9.97 Å². The first-order chi connectivity index (χ1) is 11.1. The molecule has 0 unspecified atom stereocenters. The van der Waals surface area contributed by atoms with Gasteiger partial charge in [0.1, 0.15) is 11.6 Å². The summed E-state index contributed by atoms with van der Waals surface area (Å²) in [6.45, 7) is 2.66. The molecule has 1 aromatic carbocycles. The molecule has 0 saturated heterocycles. The maximum Gasteiger partial charge on any atom is 0.160 e. The quantitative estimate of drug-likeness (QED) is 0.940. The Bertz CT molecular complexity index is 716. The van der Waals surface area contributed by atoms with Crippen LogP contribution in [0.15, 0.2) is 18.2 Å². The summed E-state index contributed by atoms with van der Waals surface area (Å²) in [7, 11) is 3.61. The number of benzene rings is 1. The molecule has 0 saturated carbocycles. The molecule has 0 spiro atoms. The van der Waals surface area contributed by atoms with Crippen LogP contribution in [0.1, 0.15) is 35.5 Å². The minimum atomic E-state index is 0.161. The lowest BCUT2D eigenvalue weighted by Crippen LogP contribution is -2.22. The van der Waals surface area contributed by atoms with E-state index < -0.39 is 0 Å². The minimum absolute atomic E-state index is 0.161. The van der Waals surface area contributed by atoms with Crippen LogP contribution >= 0.6 is 0 Å². The predicted octanol–water partition coefficient (Wildman–Crippen LogP) is 3.01. The molecule has 122 valence electrons. The van der Waals surface area contributed by atoms with E-state index in [0.29, 0.717) is 12.3 Å². The smallest absolute Gasteiger partial charge is 0.160 e. The number of aryl methyl sites for hydroxylation is 2. The van der Waals surface area contributed by atoms with Crippen LogP contribution in [0.3, 0.4) is 0 Å². The Morgan fingerprint density at radius 1 is 1.22 bits per heavy atom. The fourth-order valence-electron chi connectivity index (χ4n) is 3.18. The number of aromatic hydroxyl groups is 1. The van der Waals surface area contributed by atoms with Crippen LogP contribution in [-0.4, -0.2) is 29.2 Å². The monoisotopic (exact) mass is 313 g/mol. The molecule has 5 nitrogen and oxygen atoms in total. The van der Waals surface area contributed by atoms with Crippen molar-refractivity contribution in [1.29, 1.82) is 0 Å². The van der Waals surface area contributed by atoms with Gasteiger partial charge in [0.05, 0.1) is 7.11 Å². The topological polar surface area (TPSA) is 58.5 Å². The standard InChI is InChI=1S/C18H23N3O2/c1-12-19-15-7-5-4-6-14(15)18(20-12)21(2)11-13-8-9-16(22)17(10-13)23-3/h8-10,22H,4-7,11H2,1-3H3. The number of aromatic nitrogens is 2. The van der Waals surface area contributed by atoms with E-state index >= 15 is 0 Å². The first kappa shape index (κ1) is 15.6. The molecule has 0 fully saturated rings. The number of phenols is 1. The number of hydrogen-bond acceptors (Lipinski definition) is 5. The summed E-state index contributed by atoms with van der Waals surface area (Å²) in [6, 6.07) is 5.45. The van der Waals surface area contributed by atoms with E-state index in [2.05, 4.69) is 21.9 Å². The Hall–Kier alpha value is -2.30. The van der Waals surface area contributed by atoms with Gasteiger partial charge < -0.3 is 14.7 Å². The van der Waals surface area contributed by atoms with Gasteiger partial charge in [0.25, 0.3) is 0 Å². The largest absolute Gasteiger partial charge is 0.504 e. The first-order valence-electron chi connectivity index (χ1n) is 8.02. The van der Waals surface area contributed by atoms with Gasteiger partial charge >= 0.3 is 0 Å². The van der Waals surface area contributed by atoms with Crippen molar-refractivity contribution in [2.45, 2.75) is 39.2 Å². The fraction of sp³-hybridized carbons (Fsp3) is 0.444. The molecule has 1 heterocycles. The van der Waals surface area contributed by atoms with Gasteiger partial charge in [0, 0.05) is 24.8 Å². The van der Waals surface area contributed by atoms with Gasteiger partial charge in [-0.3, -0.25) is 0 Å². The Labute approximate surface area is 137 Å². The molecule has 1 N–H and O–H groups in total. The lowest BCUT2D eigenvalue weighted by Gasteiger charge is -2.25. The minimum Gasteiger partial charge on any atom is -0.504 e. The van der Waals surface area contributed by atoms with Crippen LogP contribution in [0.4, 0.5) is 5.82 Å². The summed E-state index contributed by atoms with van der Waals surface area (Å²) in [5.74, 6) is 2.51. The molecule has 0 aliphatic heterocycles. The number of methoxy groups -OCH3 is 1. The number of phenolic OH excluding ortho intramolecular Hbond substituents is 1. The maximum atomic E-state index is 9.72. The molecular formula is C18H23N3O2. The molecular weight excluding hydrogens is 290 g/mol. The molecule has 2 aromatic rings. The zero-order valence-corrected chi connectivity index (χ0v) is 14.0. The summed E-state index contributed by atoms with van der Waals surface area (Å²) >= 11 is 0. The third-order valence-corrected chi connectivity index (χ3v) is 4.30. The van der Waals surface area contributed by atoms with Crippen LogP contribution in [0.2, 0.25) is 0 Å². The Kier molecular flexibility index (Phi) is 4.37. The summed E-state index contributed by atoms with van der Waals surface area (Å²) in [5.41, 5.74) is 3.56. The number of hydrogen-bond donors (Lipinski definition) is 1. The van der Waals surface area contributed by atoms with E-state index in [0.717, 1.165) is 30.0 Å². The van der Waals surface area contributed by atoms with Gasteiger partial charge in [0.2, 0.25) is 0 Å². The zero-order valence-electron chi connectivity index (χ0n) is 14.0. The van der Waals surface area contributed by atoms with Crippen molar-refractivity contribution in [2.24, 2.45) is 0 Å². The average Bonchev–Trinajstić information content (AvgIpc) is 2.55. The molecule has 5 heteroatoms. The molecule has 0 bridgehead atoms. The van der Waals surface area contributed by atoms with E-state index in [9.17, 15) is 5.11 Å². The molecule has 3 rings (SSSR count). The van der Waals surface area contributed by atoms with Crippen molar-refractivity contribution < 1.29 is 9.84 Å². The van der Waals surface area contributed by atoms with Crippen molar-refractivity contribution in [3.05, 3.63) is 40.8 Å². The van der Waals surface area contributed by atoms with Gasteiger partial charge in [-0.15, -0.1) is 0 Å². The van der Waals surface area contributed by atoms with E-state index in [4.69, 9.17) is 4.74 Å². The second-order valence-electron chi connectivity index (χ2n) is 6.09. The SMILES string of the molecule is COc1cc(CN(C)c2nc(C)nc3c2CCCC3)ccc1O. The highest BCUT2D eigenvalue weighted by Gasteiger charge is 2.19. The lowest BCUT2D eigenvalue weighted by molar-refractivity contribution is 0.373. The highest BCUT2D eigenvalue weighted by Crippen LogP contribution is 2.30. The van der Waals surface area contributed by atoms with Crippen LogP contribution in [0.25, 0.3) is 0 Å². The predicted molar refractivity (Wildman–Crippen MR) is 90.2 cm³/mol. The first-order valence-corrected chi connectivity index (χ1v) is 8.02. The van der Waals surface area contributed by atoms with E-state index in [1.807, 2.05) is 19.1 Å². The molecule has 23 heavy (non-hydrogen) atoms. The number of nitrogens with zero attached hydrogens (tertiary/aromatic N) is 3. The second-order valence-corrected chi connectivity index (χ2v) is 6.09. The fourth-order valence-corrected chi connectivity index (χ4v) is 3.18. The highest BCUT2D eigenvalue weighted by molar-refractivity contribution is 5.51. The molecule has 1 aromatic heterocycles. The van der Waals surface area contributed by atoms with E-state index in [1.165, 1.54) is 24.1 Å². The van der Waals surface area contributed by atoms with Crippen LogP contribution in [0, 0.1) is 6.92 Å². The molecule has 1 aliphatic rings. The molecule has 0 amide bonds. The van der Waals surface area contributed by atoms with Crippen molar-refractivity contribution in [2.75, 3.05) is 19.1 Å². The highest BCUT2D eigenvalue weighted by atomic mass is 16.5. The van der Waals surface area contributed by atoms with Crippen LogP contribution in [-0.2, 0) is 19.4 Å². The zero-order chi connectivity index (χ0) is 16.4.